The minimum Gasteiger partial charge on any atom is -0.383 e. The number of nitrogens with one attached hydrogen (secondary N) is 2. The van der Waals surface area contributed by atoms with Gasteiger partial charge in [0.05, 0.1) is 30.7 Å². The highest BCUT2D eigenvalue weighted by Gasteiger charge is 2.69. The van der Waals surface area contributed by atoms with E-state index >= 15 is 0 Å². The molecule has 3 aliphatic heterocycles. The first-order valence-corrected chi connectivity index (χ1v) is 8.95. The summed E-state index contributed by atoms with van der Waals surface area (Å²) in [6, 6.07) is 3.18. The van der Waals surface area contributed by atoms with Crippen LogP contribution >= 0.6 is 11.6 Å². The number of amides is 3. The fourth-order valence-electron chi connectivity index (χ4n) is 4.61. The summed E-state index contributed by atoms with van der Waals surface area (Å²) in [4.78, 5) is 40.3. The molecular weight excluding hydrogens is 358 g/mol. The number of nitrogens with zero attached hydrogens (tertiary/aromatic N) is 1. The molecule has 4 rings (SSSR count). The zero-order valence-electron chi connectivity index (χ0n) is 14.8. The molecule has 26 heavy (non-hydrogen) atoms. The maximum absolute atomic E-state index is 13.1. The highest BCUT2D eigenvalue weighted by Crippen LogP contribution is 2.53. The predicted molar refractivity (Wildman–Crippen MR) is 94.7 cm³/mol. The Balaban J connectivity index is 1.85. The van der Waals surface area contributed by atoms with Crippen LogP contribution in [0.2, 0.25) is 5.02 Å². The van der Waals surface area contributed by atoms with Crippen molar-refractivity contribution in [3.8, 4) is 0 Å². The highest BCUT2D eigenvalue weighted by molar-refractivity contribution is 6.32. The molecule has 4 unspecified atom stereocenters. The monoisotopic (exact) mass is 377 g/mol. The van der Waals surface area contributed by atoms with Crippen LogP contribution in [-0.2, 0) is 24.7 Å². The van der Waals surface area contributed by atoms with Gasteiger partial charge in [-0.15, -0.1) is 0 Å². The molecule has 1 aromatic rings. The van der Waals surface area contributed by atoms with E-state index in [1.165, 1.54) is 12.0 Å². The van der Waals surface area contributed by atoms with Crippen molar-refractivity contribution in [1.82, 2.24) is 10.2 Å². The van der Waals surface area contributed by atoms with E-state index < -0.39 is 17.4 Å². The lowest BCUT2D eigenvalue weighted by Gasteiger charge is -2.29. The van der Waals surface area contributed by atoms with Crippen LogP contribution in [0.5, 0.6) is 0 Å². The third kappa shape index (κ3) is 1.99. The second kappa shape index (κ2) is 5.77. The summed E-state index contributed by atoms with van der Waals surface area (Å²) in [7, 11) is 1.52. The zero-order valence-corrected chi connectivity index (χ0v) is 15.5. The molecule has 3 heterocycles. The molecule has 2 saturated heterocycles. The predicted octanol–water partition coefficient (Wildman–Crippen LogP) is 1.04. The normalized spacial score (nSPS) is 32.4. The number of methoxy groups -OCH3 is 1. The van der Waals surface area contributed by atoms with Gasteiger partial charge in [-0.2, -0.15) is 0 Å². The first kappa shape index (κ1) is 17.5. The molecule has 1 spiro atoms. The summed E-state index contributed by atoms with van der Waals surface area (Å²) in [6.07, 6.45) is 0. The Morgan fingerprint density at radius 3 is 2.69 bits per heavy atom. The Labute approximate surface area is 156 Å². The Hall–Kier alpha value is -1.96. The zero-order chi connectivity index (χ0) is 18.8. The van der Waals surface area contributed by atoms with Crippen LogP contribution in [0.3, 0.4) is 0 Å². The lowest BCUT2D eigenvalue weighted by molar-refractivity contribution is -0.143. The molecule has 3 amide bonds. The highest BCUT2D eigenvalue weighted by atomic mass is 35.5. The van der Waals surface area contributed by atoms with Gasteiger partial charge in [-0.3, -0.25) is 24.6 Å². The van der Waals surface area contributed by atoms with E-state index in [1.807, 2.05) is 13.8 Å². The van der Waals surface area contributed by atoms with Crippen molar-refractivity contribution in [2.45, 2.75) is 25.4 Å². The van der Waals surface area contributed by atoms with Gasteiger partial charge in [-0.25, -0.2) is 0 Å². The molecule has 138 valence electrons. The van der Waals surface area contributed by atoms with Crippen LogP contribution in [0.4, 0.5) is 5.69 Å². The number of fused-ring (bicyclic) bond motifs is 4. The van der Waals surface area contributed by atoms with E-state index in [2.05, 4.69) is 10.6 Å². The molecule has 0 saturated carbocycles. The van der Waals surface area contributed by atoms with Gasteiger partial charge < -0.3 is 10.1 Å². The van der Waals surface area contributed by atoms with Crippen LogP contribution in [0.15, 0.2) is 12.1 Å². The first-order chi connectivity index (χ1) is 12.3. The molecule has 1 aromatic carbocycles. The van der Waals surface area contributed by atoms with Crippen LogP contribution in [-0.4, -0.2) is 48.9 Å². The van der Waals surface area contributed by atoms with Gasteiger partial charge in [0.25, 0.3) is 0 Å². The topological polar surface area (TPSA) is 87.7 Å². The minimum atomic E-state index is -1.25. The van der Waals surface area contributed by atoms with E-state index in [1.54, 1.807) is 12.1 Å². The van der Waals surface area contributed by atoms with Gasteiger partial charge in [0, 0.05) is 23.7 Å². The van der Waals surface area contributed by atoms with Crippen molar-refractivity contribution in [2.24, 2.45) is 11.8 Å². The average Bonchev–Trinajstić information content (AvgIpc) is 3.16. The SMILES string of the molecule is COCCN1C(=O)C2C(C)NC3(C(=O)Nc4c3ccc(Cl)c4C)C2C1=O. The van der Waals surface area contributed by atoms with Gasteiger partial charge in [0.1, 0.15) is 5.54 Å². The molecular formula is C18H20ClN3O4. The Kier molecular flexibility index (Phi) is 3.87. The molecule has 0 aliphatic carbocycles. The minimum absolute atomic E-state index is 0.193. The number of anilines is 1. The Morgan fingerprint density at radius 2 is 2.00 bits per heavy atom. The van der Waals surface area contributed by atoms with E-state index in [9.17, 15) is 14.4 Å². The van der Waals surface area contributed by atoms with Crippen LogP contribution < -0.4 is 10.6 Å². The van der Waals surface area contributed by atoms with Gasteiger partial charge in [0.15, 0.2) is 0 Å². The van der Waals surface area contributed by atoms with Crippen LogP contribution in [0, 0.1) is 18.8 Å². The number of carbonyl (C=O) groups excluding carboxylic acids is 3. The fourth-order valence-corrected chi connectivity index (χ4v) is 4.77. The molecule has 0 aromatic heterocycles. The molecule has 7 nitrogen and oxygen atoms in total. The number of benzene rings is 1. The number of hydrogen-bond acceptors (Lipinski definition) is 5. The van der Waals surface area contributed by atoms with Crippen molar-refractivity contribution < 1.29 is 19.1 Å². The summed E-state index contributed by atoms with van der Waals surface area (Å²) in [5, 5.41) is 6.68. The lowest BCUT2D eigenvalue weighted by Crippen LogP contribution is -2.53. The van der Waals surface area contributed by atoms with E-state index in [0.717, 1.165) is 5.56 Å². The molecule has 2 N–H and O–H groups in total. The first-order valence-electron chi connectivity index (χ1n) is 8.57. The number of rotatable bonds is 3. The second-order valence-electron chi connectivity index (χ2n) is 7.11. The van der Waals surface area contributed by atoms with Crippen molar-refractivity contribution in [1.29, 1.82) is 0 Å². The van der Waals surface area contributed by atoms with Crippen molar-refractivity contribution in [2.75, 3.05) is 25.6 Å². The maximum atomic E-state index is 13.1. The standard InChI is InChI=1S/C18H20ClN3O4/c1-8-11(19)5-4-10-14(8)20-17(25)18(10)13-12(9(2)21-18)15(23)22(16(13)24)6-7-26-3/h4-5,9,12-13,21H,6-7H2,1-3H3,(H,20,25). The van der Waals surface area contributed by atoms with E-state index in [0.29, 0.717) is 16.3 Å². The lowest BCUT2D eigenvalue weighted by atomic mass is 9.76. The fraction of sp³-hybridized carbons (Fsp3) is 0.500. The van der Waals surface area contributed by atoms with E-state index in [4.69, 9.17) is 16.3 Å². The molecule has 8 heteroatoms. The molecule has 0 bridgehead atoms. The number of carbonyl (C=O) groups is 3. The van der Waals surface area contributed by atoms with Crippen molar-refractivity contribution >= 4 is 35.0 Å². The summed E-state index contributed by atoms with van der Waals surface area (Å²) >= 11 is 6.19. The molecule has 3 aliphatic rings. The van der Waals surface area contributed by atoms with Gasteiger partial charge in [-0.1, -0.05) is 17.7 Å². The van der Waals surface area contributed by atoms with Crippen LogP contribution in [0.25, 0.3) is 0 Å². The number of likely N-dealkylation sites (tertiary alicyclic amines) is 1. The largest absolute Gasteiger partial charge is 0.383 e. The Bertz CT molecular complexity index is 842. The Morgan fingerprint density at radius 1 is 1.27 bits per heavy atom. The third-order valence-corrected chi connectivity index (χ3v) is 6.25. The van der Waals surface area contributed by atoms with Gasteiger partial charge >= 0.3 is 0 Å². The summed E-state index contributed by atoms with van der Waals surface area (Å²) in [6.45, 7) is 4.12. The quantitative estimate of drug-likeness (QED) is 0.768. The van der Waals surface area contributed by atoms with Crippen molar-refractivity contribution in [3.05, 3.63) is 28.3 Å². The number of imide groups is 1. The number of ether oxygens (including phenoxy) is 1. The molecule has 4 atom stereocenters. The average molecular weight is 378 g/mol. The smallest absolute Gasteiger partial charge is 0.250 e. The molecule has 0 radical (unpaired) electrons. The van der Waals surface area contributed by atoms with Gasteiger partial charge in [-0.05, 0) is 25.5 Å². The van der Waals surface area contributed by atoms with Crippen molar-refractivity contribution in [3.63, 3.8) is 0 Å². The molecule has 2 fully saturated rings. The summed E-state index contributed by atoms with van der Waals surface area (Å²) in [5.74, 6) is -2.24. The second-order valence-corrected chi connectivity index (χ2v) is 7.52. The van der Waals surface area contributed by atoms with Gasteiger partial charge in [0.2, 0.25) is 17.7 Å². The van der Waals surface area contributed by atoms with E-state index in [-0.39, 0.29) is 36.9 Å². The van der Waals surface area contributed by atoms with Crippen LogP contribution in [0.1, 0.15) is 18.1 Å². The third-order valence-electron chi connectivity index (χ3n) is 5.84. The summed E-state index contributed by atoms with van der Waals surface area (Å²) in [5.41, 5.74) is 0.806. The number of hydrogen-bond donors (Lipinski definition) is 2. The summed E-state index contributed by atoms with van der Waals surface area (Å²) < 4.78 is 5.02. The number of halogens is 1. The maximum Gasteiger partial charge on any atom is 0.250 e.